The number of rotatable bonds is 4. The van der Waals surface area contributed by atoms with Crippen molar-refractivity contribution in [2.75, 3.05) is 7.05 Å². The van der Waals surface area contributed by atoms with E-state index >= 15 is 0 Å². The number of halogens is 5. The SMILES string of the molecule is C/N=C(/c1ccc(Oc2c(F)c(F)cc(F)c2F)cc1F)c1cncnc1C. The molecular formula is C19H12F5N3O. The molecule has 0 fully saturated rings. The lowest BCUT2D eigenvalue weighted by Crippen LogP contribution is -2.09. The highest BCUT2D eigenvalue weighted by Gasteiger charge is 2.22. The van der Waals surface area contributed by atoms with Gasteiger partial charge in [0.1, 0.15) is 17.9 Å². The van der Waals surface area contributed by atoms with E-state index in [1.807, 2.05) is 0 Å². The summed E-state index contributed by atoms with van der Waals surface area (Å²) in [5.74, 6) is -9.22. The largest absolute Gasteiger partial charge is 0.451 e. The van der Waals surface area contributed by atoms with Gasteiger partial charge >= 0.3 is 0 Å². The van der Waals surface area contributed by atoms with Gasteiger partial charge in [0.25, 0.3) is 0 Å². The average Bonchev–Trinajstić information content (AvgIpc) is 2.67. The Morgan fingerprint density at radius 2 is 1.61 bits per heavy atom. The van der Waals surface area contributed by atoms with E-state index in [2.05, 4.69) is 15.0 Å². The Hall–Kier alpha value is -3.36. The molecule has 3 aromatic rings. The minimum absolute atomic E-state index is 0.0511. The lowest BCUT2D eigenvalue weighted by molar-refractivity contribution is 0.365. The lowest BCUT2D eigenvalue weighted by Gasteiger charge is -2.12. The molecule has 0 aliphatic heterocycles. The van der Waals surface area contributed by atoms with Crippen molar-refractivity contribution in [2.45, 2.75) is 6.92 Å². The molecule has 3 rings (SSSR count). The van der Waals surface area contributed by atoms with Crippen LogP contribution in [-0.4, -0.2) is 22.7 Å². The monoisotopic (exact) mass is 393 g/mol. The molecule has 0 spiro atoms. The third-order valence-electron chi connectivity index (χ3n) is 3.88. The fraction of sp³-hybridized carbons (Fsp3) is 0.105. The van der Waals surface area contributed by atoms with Crippen LogP contribution in [0.2, 0.25) is 0 Å². The Kier molecular flexibility index (Phi) is 5.34. The van der Waals surface area contributed by atoms with Gasteiger partial charge in [0.15, 0.2) is 11.6 Å². The Labute approximate surface area is 156 Å². The van der Waals surface area contributed by atoms with E-state index in [0.717, 1.165) is 6.07 Å². The summed E-state index contributed by atoms with van der Waals surface area (Å²) in [5.41, 5.74) is 1.35. The highest BCUT2D eigenvalue weighted by atomic mass is 19.2. The smallest absolute Gasteiger partial charge is 0.204 e. The molecule has 1 heterocycles. The molecule has 0 amide bonds. The number of hydrogen-bond acceptors (Lipinski definition) is 4. The first kappa shape index (κ1) is 19.4. The van der Waals surface area contributed by atoms with Gasteiger partial charge in [-0.25, -0.2) is 23.1 Å². The van der Waals surface area contributed by atoms with Gasteiger partial charge in [0.05, 0.1) is 11.4 Å². The van der Waals surface area contributed by atoms with Gasteiger partial charge in [-0.05, 0) is 19.1 Å². The van der Waals surface area contributed by atoms with Gasteiger partial charge in [-0.15, -0.1) is 0 Å². The zero-order valence-electron chi connectivity index (χ0n) is 14.6. The minimum atomic E-state index is -1.73. The number of benzene rings is 2. The van der Waals surface area contributed by atoms with Gasteiger partial charge in [-0.3, -0.25) is 4.99 Å². The molecule has 2 aromatic carbocycles. The lowest BCUT2D eigenvalue weighted by atomic mass is 10.0. The summed E-state index contributed by atoms with van der Waals surface area (Å²) in [5, 5.41) is 0. The zero-order chi connectivity index (χ0) is 20.4. The van der Waals surface area contributed by atoms with E-state index in [9.17, 15) is 22.0 Å². The van der Waals surface area contributed by atoms with Crippen molar-refractivity contribution in [3.63, 3.8) is 0 Å². The summed E-state index contributed by atoms with van der Waals surface area (Å²) < 4.78 is 73.5. The Morgan fingerprint density at radius 1 is 0.929 bits per heavy atom. The molecule has 28 heavy (non-hydrogen) atoms. The summed E-state index contributed by atoms with van der Waals surface area (Å²) in [6.45, 7) is 1.70. The maximum absolute atomic E-state index is 14.6. The van der Waals surface area contributed by atoms with Gasteiger partial charge in [-0.1, -0.05) is 0 Å². The predicted molar refractivity (Wildman–Crippen MR) is 91.1 cm³/mol. The zero-order valence-corrected chi connectivity index (χ0v) is 14.6. The van der Waals surface area contributed by atoms with Crippen LogP contribution in [0.1, 0.15) is 16.8 Å². The Bertz CT molecular complexity index is 1060. The second kappa shape index (κ2) is 7.71. The number of aryl methyl sites for hydroxylation is 1. The molecule has 0 N–H and O–H groups in total. The number of nitrogens with zero attached hydrogens (tertiary/aromatic N) is 3. The van der Waals surface area contributed by atoms with Gasteiger partial charge < -0.3 is 4.74 Å². The third-order valence-corrected chi connectivity index (χ3v) is 3.88. The molecule has 0 atom stereocenters. The van der Waals surface area contributed by atoms with Crippen molar-refractivity contribution in [3.8, 4) is 11.5 Å². The average molecular weight is 393 g/mol. The number of ether oxygens (including phenoxy) is 1. The van der Waals surface area contributed by atoms with Crippen LogP contribution in [-0.2, 0) is 0 Å². The molecule has 144 valence electrons. The van der Waals surface area contributed by atoms with Crippen molar-refractivity contribution in [3.05, 3.63) is 82.7 Å². The number of hydrogen-bond donors (Lipinski definition) is 0. The first-order valence-corrected chi connectivity index (χ1v) is 7.88. The first-order valence-electron chi connectivity index (χ1n) is 7.88. The van der Waals surface area contributed by atoms with Crippen molar-refractivity contribution in [1.82, 2.24) is 9.97 Å². The molecule has 0 aliphatic rings. The van der Waals surface area contributed by atoms with Crippen molar-refractivity contribution >= 4 is 5.71 Å². The van der Waals surface area contributed by atoms with Crippen LogP contribution < -0.4 is 4.74 Å². The minimum Gasteiger partial charge on any atom is -0.451 e. The number of aromatic nitrogens is 2. The highest BCUT2D eigenvalue weighted by Crippen LogP contribution is 2.32. The molecule has 0 radical (unpaired) electrons. The highest BCUT2D eigenvalue weighted by molar-refractivity contribution is 6.13. The summed E-state index contributed by atoms with van der Waals surface area (Å²) >= 11 is 0. The second-order valence-corrected chi connectivity index (χ2v) is 5.64. The standard InChI is InChI=1S/C19H12F5N3O/c1-9-12(7-26-8-27-9)18(25-2)11-4-3-10(5-13(11)20)28-19-16(23)14(21)6-15(22)17(19)24/h3-8H,1-2H3/b25-18-. The third kappa shape index (κ3) is 3.55. The summed E-state index contributed by atoms with van der Waals surface area (Å²) in [6.07, 6.45) is 2.80. The van der Waals surface area contributed by atoms with Crippen LogP contribution in [0.4, 0.5) is 22.0 Å². The molecule has 0 unspecified atom stereocenters. The second-order valence-electron chi connectivity index (χ2n) is 5.64. The van der Waals surface area contributed by atoms with Crippen molar-refractivity contribution in [2.24, 2.45) is 4.99 Å². The first-order chi connectivity index (χ1) is 13.3. The van der Waals surface area contributed by atoms with E-state index in [1.165, 1.54) is 31.7 Å². The molecule has 0 saturated heterocycles. The maximum Gasteiger partial charge on any atom is 0.204 e. The van der Waals surface area contributed by atoms with Crippen LogP contribution in [0.5, 0.6) is 11.5 Å². The van der Waals surface area contributed by atoms with Crippen LogP contribution in [0.3, 0.4) is 0 Å². The van der Waals surface area contributed by atoms with E-state index in [4.69, 9.17) is 4.74 Å². The Morgan fingerprint density at radius 3 is 2.18 bits per heavy atom. The summed E-state index contributed by atoms with van der Waals surface area (Å²) in [6, 6.07) is 3.31. The summed E-state index contributed by atoms with van der Waals surface area (Å²) in [7, 11) is 1.45. The van der Waals surface area contributed by atoms with Crippen LogP contribution >= 0.6 is 0 Å². The van der Waals surface area contributed by atoms with E-state index in [1.54, 1.807) is 6.92 Å². The van der Waals surface area contributed by atoms with Gasteiger partial charge in [0, 0.05) is 36.5 Å². The van der Waals surface area contributed by atoms with Crippen LogP contribution in [0.25, 0.3) is 0 Å². The van der Waals surface area contributed by atoms with E-state index < -0.39 is 34.8 Å². The van der Waals surface area contributed by atoms with E-state index in [-0.39, 0.29) is 23.1 Å². The molecule has 4 nitrogen and oxygen atoms in total. The quantitative estimate of drug-likeness (QED) is 0.366. The van der Waals surface area contributed by atoms with Crippen molar-refractivity contribution < 1.29 is 26.7 Å². The van der Waals surface area contributed by atoms with Crippen LogP contribution in [0.15, 0.2) is 41.8 Å². The van der Waals surface area contributed by atoms with E-state index in [0.29, 0.717) is 11.3 Å². The predicted octanol–water partition coefficient (Wildman–Crippen LogP) is 4.74. The molecule has 9 heteroatoms. The molecule has 1 aromatic heterocycles. The Balaban J connectivity index is 1.99. The normalized spacial score (nSPS) is 11.6. The van der Waals surface area contributed by atoms with Crippen LogP contribution in [0, 0.1) is 36.0 Å². The fourth-order valence-corrected chi connectivity index (χ4v) is 2.52. The molecular weight excluding hydrogens is 381 g/mol. The fourth-order valence-electron chi connectivity index (χ4n) is 2.52. The number of aliphatic imine (C=N–C) groups is 1. The summed E-state index contributed by atoms with van der Waals surface area (Å²) in [4.78, 5) is 12.0. The topological polar surface area (TPSA) is 47.4 Å². The van der Waals surface area contributed by atoms with Gasteiger partial charge in [0.2, 0.25) is 17.4 Å². The molecule has 0 saturated carbocycles. The van der Waals surface area contributed by atoms with Crippen molar-refractivity contribution in [1.29, 1.82) is 0 Å². The van der Waals surface area contributed by atoms with Gasteiger partial charge in [-0.2, -0.15) is 8.78 Å². The molecule has 0 aliphatic carbocycles. The molecule has 0 bridgehead atoms. The maximum atomic E-state index is 14.6.